The fourth-order valence-corrected chi connectivity index (χ4v) is 2.44. The summed E-state index contributed by atoms with van der Waals surface area (Å²) in [4.78, 5) is 4.21. The van der Waals surface area contributed by atoms with E-state index in [1.165, 1.54) is 0 Å². The first kappa shape index (κ1) is 11.4. The van der Waals surface area contributed by atoms with E-state index >= 15 is 0 Å². The summed E-state index contributed by atoms with van der Waals surface area (Å²) in [7, 11) is 0. The Balaban J connectivity index is 1.91. The van der Waals surface area contributed by atoms with Crippen molar-refractivity contribution < 1.29 is 4.42 Å². The van der Waals surface area contributed by atoms with E-state index in [1.807, 2.05) is 12.1 Å². The fourth-order valence-electron chi connectivity index (χ4n) is 1.72. The molecule has 1 aromatic heterocycles. The molecule has 2 nitrogen and oxygen atoms in total. The van der Waals surface area contributed by atoms with Gasteiger partial charge in [0.2, 0.25) is 5.89 Å². The number of nitrogens with zero attached hydrogens (tertiary/aromatic N) is 1. The number of benzene rings is 1. The molecule has 0 bridgehead atoms. The monoisotopic (exact) mass is 287 g/mol. The molecule has 5 heteroatoms. The van der Waals surface area contributed by atoms with Gasteiger partial charge in [-0.15, -0.1) is 23.2 Å². The van der Waals surface area contributed by atoms with Gasteiger partial charge in [-0.1, -0.05) is 17.7 Å². The SMILES string of the molecule is Clc1cccc(-c2ncc(C3CC3(Cl)Cl)o2)c1. The minimum atomic E-state index is -0.689. The van der Waals surface area contributed by atoms with Gasteiger partial charge in [0.25, 0.3) is 0 Å². The van der Waals surface area contributed by atoms with Gasteiger partial charge in [-0.2, -0.15) is 0 Å². The Bertz CT molecular complexity index is 564. The highest BCUT2D eigenvalue weighted by atomic mass is 35.5. The molecule has 0 N–H and O–H groups in total. The third-order valence-electron chi connectivity index (χ3n) is 2.76. The molecule has 2 aromatic rings. The molecule has 3 rings (SSSR count). The van der Waals surface area contributed by atoms with Crippen LogP contribution in [-0.2, 0) is 0 Å². The van der Waals surface area contributed by atoms with Crippen LogP contribution in [0.25, 0.3) is 11.5 Å². The summed E-state index contributed by atoms with van der Waals surface area (Å²) in [6.07, 6.45) is 2.38. The Morgan fingerprint density at radius 2 is 2.12 bits per heavy atom. The van der Waals surface area contributed by atoms with Crippen LogP contribution in [0.15, 0.2) is 34.9 Å². The lowest BCUT2D eigenvalue weighted by molar-refractivity contribution is 0.519. The van der Waals surface area contributed by atoms with Crippen LogP contribution in [-0.4, -0.2) is 9.32 Å². The van der Waals surface area contributed by atoms with Gasteiger partial charge in [-0.05, 0) is 24.6 Å². The van der Waals surface area contributed by atoms with E-state index in [2.05, 4.69) is 4.98 Å². The molecule has 88 valence electrons. The van der Waals surface area contributed by atoms with Crippen LogP contribution < -0.4 is 0 Å². The van der Waals surface area contributed by atoms with Crippen LogP contribution in [0.1, 0.15) is 18.1 Å². The number of rotatable bonds is 2. The lowest BCUT2D eigenvalue weighted by atomic mass is 10.2. The Morgan fingerprint density at radius 1 is 1.35 bits per heavy atom. The highest BCUT2D eigenvalue weighted by Gasteiger charge is 2.54. The second-order valence-electron chi connectivity index (χ2n) is 4.10. The standard InChI is InChI=1S/C12H8Cl3NO/c13-8-3-1-2-7(4-8)11-16-6-10(17-11)9-5-12(9,14)15/h1-4,6,9H,5H2. The quantitative estimate of drug-likeness (QED) is 0.751. The maximum atomic E-state index is 5.98. The van der Waals surface area contributed by atoms with Crippen molar-refractivity contribution in [1.29, 1.82) is 0 Å². The van der Waals surface area contributed by atoms with Gasteiger partial charge in [0.15, 0.2) is 0 Å². The van der Waals surface area contributed by atoms with Crippen LogP contribution in [0.2, 0.25) is 5.02 Å². The normalized spacial score (nSPS) is 21.5. The van der Waals surface area contributed by atoms with Gasteiger partial charge in [0.05, 0.1) is 12.1 Å². The first-order valence-electron chi connectivity index (χ1n) is 5.16. The van der Waals surface area contributed by atoms with E-state index in [9.17, 15) is 0 Å². The van der Waals surface area contributed by atoms with Crippen LogP contribution >= 0.6 is 34.8 Å². The maximum absolute atomic E-state index is 5.98. The number of aromatic nitrogens is 1. The molecule has 1 aliphatic rings. The smallest absolute Gasteiger partial charge is 0.226 e. The molecule has 1 saturated carbocycles. The minimum Gasteiger partial charge on any atom is -0.441 e. The minimum absolute atomic E-state index is 0.0475. The summed E-state index contributed by atoms with van der Waals surface area (Å²) < 4.78 is 4.96. The van der Waals surface area contributed by atoms with Crippen molar-refractivity contribution in [3.63, 3.8) is 0 Å². The van der Waals surface area contributed by atoms with Crippen molar-refractivity contribution in [3.05, 3.63) is 41.2 Å². The molecular formula is C12H8Cl3NO. The van der Waals surface area contributed by atoms with Gasteiger partial charge in [0.1, 0.15) is 10.1 Å². The molecule has 0 saturated heterocycles. The fraction of sp³-hybridized carbons (Fsp3) is 0.250. The second-order valence-corrected chi connectivity index (χ2v) is 6.07. The molecule has 1 fully saturated rings. The molecule has 1 unspecified atom stereocenters. The van der Waals surface area contributed by atoms with Crippen molar-refractivity contribution in [1.82, 2.24) is 4.98 Å². The number of halogens is 3. The van der Waals surface area contributed by atoms with Gasteiger partial charge in [-0.25, -0.2) is 4.98 Å². The van der Waals surface area contributed by atoms with Crippen molar-refractivity contribution in [2.75, 3.05) is 0 Å². The maximum Gasteiger partial charge on any atom is 0.226 e. The predicted molar refractivity (Wildman–Crippen MR) is 68.7 cm³/mol. The van der Waals surface area contributed by atoms with E-state index in [1.54, 1.807) is 18.3 Å². The van der Waals surface area contributed by atoms with Crippen LogP contribution in [0.5, 0.6) is 0 Å². The molecule has 17 heavy (non-hydrogen) atoms. The summed E-state index contributed by atoms with van der Waals surface area (Å²) in [5.41, 5.74) is 0.846. The van der Waals surface area contributed by atoms with Gasteiger partial charge >= 0.3 is 0 Å². The summed E-state index contributed by atoms with van der Waals surface area (Å²) in [5, 5.41) is 0.651. The molecule has 1 heterocycles. The molecule has 0 spiro atoms. The number of alkyl halides is 2. The lowest BCUT2D eigenvalue weighted by Crippen LogP contribution is -1.86. The van der Waals surface area contributed by atoms with E-state index < -0.39 is 4.33 Å². The van der Waals surface area contributed by atoms with Gasteiger partial charge < -0.3 is 4.42 Å². The largest absolute Gasteiger partial charge is 0.441 e. The van der Waals surface area contributed by atoms with Crippen molar-refractivity contribution in [3.8, 4) is 11.5 Å². The van der Waals surface area contributed by atoms with Crippen LogP contribution in [0, 0.1) is 0 Å². The predicted octanol–water partition coefficient (Wildman–Crippen LogP) is 4.66. The molecule has 1 atom stereocenters. The van der Waals surface area contributed by atoms with E-state index in [0.717, 1.165) is 11.3 Å². The van der Waals surface area contributed by atoms with E-state index in [0.29, 0.717) is 17.3 Å². The highest BCUT2D eigenvalue weighted by molar-refractivity contribution is 6.51. The van der Waals surface area contributed by atoms with Crippen molar-refractivity contribution >= 4 is 34.8 Å². The average Bonchev–Trinajstić information content (AvgIpc) is 2.76. The Morgan fingerprint density at radius 3 is 2.76 bits per heavy atom. The van der Waals surface area contributed by atoms with Gasteiger partial charge in [-0.3, -0.25) is 0 Å². The first-order chi connectivity index (χ1) is 8.06. The Hall–Kier alpha value is -0.700. The average molecular weight is 289 g/mol. The Labute approximate surface area is 114 Å². The number of oxazole rings is 1. The molecule has 1 aromatic carbocycles. The molecular weight excluding hydrogens is 280 g/mol. The molecule has 0 radical (unpaired) electrons. The first-order valence-corrected chi connectivity index (χ1v) is 6.29. The summed E-state index contributed by atoms with van der Waals surface area (Å²) in [6.45, 7) is 0. The lowest BCUT2D eigenvalue weighted by Gasteiger charge is -1.97. The topological polar surface area (TPSA) is 26.0 Å². The van der Waals surface area contributed by atoms with Crippen molar-refractivity contribution in [2.45, 2.75) is 16.7 Å². The number of hydrogen-bond acceptors (Lipinski definition) is 2. The van der Waals surface area contributed by atoms with Crippen molar-refractivity contribution in [2.24, 2.45) is 0 Å². The highest BCUT2D eigenvalue weighted by Crippen LogP contribution is 2.59. The Kier molecular flexibility index (Phi) is 2.62. The summed E-state index contributed by atoms with van der Waals surface area (Å²) in [6, 6.07) is 7.35. The zero-order chi connectivity index (χ0) is 12.0. The van der Waals surface area contributed by atoms with Crippen LogP contribution in [0.4, 0.5) is 0 Å². The zero-order valence-electron chi connectivity index (χ0n) is 8.66. The summed E-state index contributed by atoms with van der Waals surface area (Å²) in [5.74, 6) is 1.31. The summed E-state index contributed by atoms with van der Waals surface area (Å²) >= 11 is 17.9. The van der Waals surface area contributed by atoms with Crippen LogP contribution in [0.3, 0.4) is 0 Å². The molecule has 0 aliphatic heterocycles. The molecule has 0 amide bonds. The van der Waals surface area contributed by atoms with E-state index in [4.69, 9.17) is 39.2 Å². The third kappa shape index (κ3) is 2.17. The number of hydrogen-bond donors (Lipinski definition) is 0. The zero-order valence-corrected chi connectivity index (χ0v) is 10.9. The second kappa shape index (κ2) is 3.91. The van der Waals surface area contributed by atoms with E-state index in [-0.39, 0.29) is 5.92 Å². The molecule has 1 aliphatic carbocycles. The van der Waals surface area contributed by atoms with Gasteiger partial charge in [0, 0.05) is 10.6 Å². The third-order valence-corrected chi connectivity index (χ3v) is 3.84.